The second-order valence-electron chi connectivity index (χ2n) is 0.780. The van der Waals surface area contributed by atoms with Crippen LogP contribution in [0.15, 0.2) is 0 Å². The molecular weight excluding hydrogens is 96.1 g/mol. The maximum absolute atomic E-state index is 10.0. The smallest absolute Gasteiger partial charge is 0.302 e. The average Bonchev–Trinajstić information content (AvgIpc) is 1.59. The van der Waals surface area contributed by atoms with Gasteiger partial charge in [-0.05, 0) is 0 Å². The molecule has 2 nitrogen and oxygen atoms in total. The van der Waals surface area contributed by atoms with Crippen LogP contribution >= 0.6 is 0 Å². The van der Waals surface area contributed by atoms with Crippen molar-refractivity contribution >= 4 is 16.0 Å². The predicted molar refractivity (Wildman–Crippen MR) is 26.6 cm³/mol. The van der Waals surface area contributed by atoms with Crippen molar-refractivity contribution in [3.05, 3.63) is 0 Å². The molecule has 36 valence electrons. The first-order valence-corrected chi connectivity index (χ1v) is 2.26. The van der Waals surface area contributed by atoms with E-state index < -0.39 is 16.0 Å². The largest absolute Gasteiger partial charge is 0.471 e. The van der Waals surface area contributed by atoms with E-state index in [9.17, 15) is 4.79 Å². The molecule has 6 heavy (non-hydrogen) atoms. The lowest BCUT2D eigenvalue weighted by molar-refractivity contribution is -0.138. The number of hydrogen-bond acceptors (Lipinski definition) is 2. The minimum absolute atomic E-state index is 0.359. The fourth-order valence-corrected chi connectivity index (χ4v) is 0.305. The van der Waals surface area contributed by atoms with Gasteiger partial charge in [-0.2, -0.15) is 0 Å². The minimum Gasteiger partial charge on any atom is -0.471 e. The Balaban J connectivity index is 3.39. The Morgan fingerprint density at radius 3 is 3.17 bits per heavy atom. The number of carbonyl (C=O) groups is 1. The van der Waals surface area contributed by atoms with E-state index in [4.69, 9.17) is 3.70 Å². The van der Waals surface area contributed by atoms with Crippen LogP contribution < -0.4 is 0 Å². The summed E-state index contributed by atoms with van der Waals surface area (Å²) < 4.78 is 24.4. The maximum atomic E-state index is 10.0. The van der Waals surface area contributed by atoms with Crippen LogP contribution in [0.3, 0.4) is 0 Å². The molecule has 0 bridgehead atoms. The number of rotatable bonds is 2. The van der Waals surface area contributed by atoms with E-state index in [1.165, 1.54) is 6.92 Å². The average molecular weight is 110 g/mol. The highest BCUT2D eigenvalue weighted by Gasteiger charge is 1.81. The SMILES string of the molecule is [3H][Si]([3H])([3H])COC(C)=O. The molecular formula is C3H8O2Si. The second kappa shape index (κ2) is 2.90. The van der Waals surface area contributed by atoms with Crippen LogP contribution in [0.25, 0.3) is 0 Å². The molecule has 3 heteroatoms. The van der Waals surface area contributed by atoms with E-state index >= 15 is 0 Å². The zero-order chi connectivity index (χ0) is 7.49. The molecule has 0 aromatic carbocycles. The van der Waals surface area contributed by atoms with E-state index in [1.807, 2.05) is 0 Å². The highest BCUT2D eigenvalue weighted by Crippen LogP contribution is 1.66. The van der Waals surface area contributed by atoms with Crippen molar-refractivity contribution in [2.75, 3.05) is 6.23 Å². The Labute approximate surface area is 43.6 Å². The number of ether oxygens (including phenoxy) is 1. The lowest BCUT2D eigenvalue weighted by Gasteiger charge is -1.89. The Hall–Kier alpha value is -0.313. The van der Waals surface area contributed by atoms with Gasteiger partial charge in [-0.15, -0.1) is 0 Å². The molecule has 0 aliphatic heterocycles. The van der Waals surface area contributed by atoms with Crippen LogP contribution in [0.5, 0.6) is 0 Å². The molecule has 0 spiro atoms. The van der Waals surface area contributed by atoms with Gasteiger partial charge in [0.2, 0.25) is 0 Å². The molecule has 0 aromatic heterocycles. The van der Waals surface area contributed by atoms with E-state index in [0.717, 1.165) is 0 Å². The monoisotopic (exact) mass is 110 g/mol. The lowest BCUT2D eigenvalue weighted by Crippen LogP contribution is -1.98. The van der Waals surface area contributed by atoms with E-state index in [-0.39, 0.29) is 6.23 Å². The highest BCUT2D eigenvalue weighted by atomic mass is 28.1. The summed E-state index contributed by atoms with van der Waals surface area (Å²) in [6.07, 6.45) is -0.359. The molecule has 0 heterocycles. The first-order valence-electron chi connectivity index (χ1n) is 3.05. The number of hydrogen-bond donors (Lipinski definition) is 0. The maximum Gasteiger partial charge on any atom is 0.302 e. The van der Waals surface area contributed by atoms with Crippen molar-refractivity contribution in [2.45, 2.75) is 6.92 Å². The summed E-state index contributed by atoms with van der Waals surface area (Å²) in [6.45, 7) is 1.19. The quantitative estimate of drug-likeness (QED) is 0.332. The lowest BCUT2D eigenvalue weighted by atomic mass is 10.8. The zero-order valence-corrected chi connectivity index (χ0v) is 4.52. The van der Waals surface area contributed by atoms with Gasteiger partial charge in [0.25, 0.3) is 0 Å². The molecule has 0 saturated carbocycles. The molecule has 0 aliphatic carbocycles. The van der Waals surface area contributed by atoms with Gasteiger partial charge in [0.15, 0.2) is 0 Å². The molecule has 0 N–H and O–H groups in total. The van der Waals surface area contributed by atoms with Gasteiger partial charge in [0.05, 0.1) is 16.3 Å². The van der Waals surface area contributed by atoms with Gasteiger partial charge in [-0.25, -0.2) is 0 Å². The summed E-state index contributed by atoms with van der Waals surface area (Å²) in [5.74, 6) is -0.529. The summed E-state index contributed by atoms with van der Waals surface area (Å²) in [4.78, 5) is 10.0. The number of carbonyl (C=O) groups excluding carboxylic acids is 1. The van der Waals surface area contributed by atoms with Crippen molar-refractivity contribution < 1.29 is 9.53 Å². The summed E-state index contributed by atoms with van der Waals surface area (Å²) in [5, 5.41) is 0. The van der Waals surface area contributed by atoms with Crippen molar-refractivity contribution in [3.63, 3.8) is 0 Å². The fraction of sp³-hybridized carbons (Fsp3) is 0.667. The molecule has 0 radical (unpaired) electrons. The van der Waals surface area contributed by atoms with Crippen LogP contribution in [0, 0.1) is 0 Å². The van der Waals surface area contributed by atoms with Crippen molar-refractivity contribution in [1.82, 2.24) is 0 Å². The van der Waals surface area contributed by atoms with E-state index in [1.54, 1.807) is 0 Å². The van der Waals surface area contributed by atoms with Crippen LogP contribution in [0.4, 0.5) is 0 Å². The Bertz CT molecular complexity index is 110. The standard InChI is InChI=1S/C3H8O2Si/c1-3(4)5-2-6/h2H2,1,6H3/i6T3. The Kier molecular flexibility index (Phi) is 1.02. The third-order valence-corrected chi connectivity index (χ3v) is 0.420. The van der Waals surface area contributed by atoms with Gasteiger partial charge in [-0.3, -0.25) is 4.79 Å². The summed E-state index contributed by atoms with van der Waals surface area (Å²) in [7, 11) is -3.41. The van der Waals surface area contributed by atoms with Crippen LogP contribution in [-0.2, 0) is 9.53 Å². The van der Waals surface area contributed by atoms with Crippen LogP contribution in [-0.4, -0.2) is 25.9 Å². The topological polar surface area (TPSA) is 26.3 Å². The molecule has 0 aliphatic rings. The Morgan fingerprint density at radius 1 is 2.33 bits per heavy atom. The van der Waals surface area contributed by atoms with Crippen LogP contribution in [0.1, 0.15) is 6.92 Å². The van der Waals surface area contributed by atoms with Crippen LogP contribution in [0.2, 0.25) is 0 Å². The first-order chi connectivity index (χ1) is 3.92. The molecule has 0 atom stereocenters. The summed E-state index contributed by atoms with van der Waals surface area (Å²) in [5.41, 5.74) is 0. The predicted octanol–water partition coefficient (Wildman–Crippen LogP) is -1.13. The van der Waals surface area contributed by atoms with Crippen molar-refractivity contribution in [1.29, 1.82) is 3.70 Å². The third kappa shape index (κ3) is 3.69. The first kappa shape index (κ1) is 2.11. The molecule has 0 rings (SSSR count). The molecule has 0 unspecified atom stereocenters. The normalized spacial score (nSPS) is 17.2. The summed E-state index contributed by atoms with van der Waals surface area (Å²) >= 11 is 0. The minimum atomic E-state index is -3.41. The van der Waals surface area contributed by atoms with Crippen molar-refractivity contribution in [2.24, 2.45) is 0 Å². The molecule has 0 amide bonds. The third-order valence-electron chi connectivity index (χ3n) is 0.275. The molecule has 0 aromatic rings. The van der Waals surface area contributed by atoms with Gasteiger partial charge in [0.1, 0.15) is 0 Å². The highest BCUT2D eigenvalue weighted by molar-refractivity contribution is 6.08. The Morgan fingerprint density at radius 2 is 3.00 bits per heavy atom. The van der Waals surface area contributed by atoms with Gasteiger partial charge in [-0.1, -0.05) is 0 Å². The van der Waals surface area contributed by atoms with Crippen molar-refractivity contribution in [3.8, 4) is 0 Å². The van der Waals surface area contributed by atoms with E-state index in [0.29, 0.717) is 0 Å². The zero-order valence-electron chi connectivity index (χ0n) is 6.52. The van der Waals surface area contributed by atoms with E-state index in [2.05, 4.69) is 4.74 Å². The van der Waals surface area contributed by atoms with Gasteiger partial charge < -0.3 is 4.74 Å². The summed E-state index contributed by atoms with van der Waals surface area (Å²) in [6, 6.07) is 0. The number of esters is 1. The molecule has 0 saturated heterocycles. The molecule has 0 fully saturated rings. The van der Waals surface area contributed by atoms with Gasteiger partial charge >= 0.3 is 5.97 Å². The second-order valence-corrected chi connectivity index (χ2v) is 1.07. The van der Waals surface area contributed by atoms with Gasteiger partial charge in [0, 0.05) is 10.6 Å². The fourth-order valence-electron chi connectivity index (χ4n) is 0.102.